The number of morpholine rings is 1. The first-order chi connectivity index (χ1) is 13.0. The summed E-state index contributed by atoms with van der Waals surface area (Å²) in [6.45, 7) is 1.04. The van der Waals surface area contributed by atoms with E-state index in [0.717, 1.165) is 11.6 Å². The highest BCUT2D eigenvalue weighted by molar-refractivity contribution is 7.89. The third kappa shape index (κ3) is 4.48. The quantitative estimate of drug-likeness (QED) is 0.459. The molecule has 142 valence electrons. The Bertz CT molecular complexity index is 941. The molecule has 1 saturated heterocycles. The van der Waals surface area contributed by atoms with E-state index in [1.165, 1.54) is 22.7 Å². The minimum absolute atomic E-state index is 0.105. The van der Waals surface area contributed by atoms with Crippen LogP contribution in [0.4, 0.5) is 11.4 Å². The molecule has 2 aromatic rings. The zero-order chi connectivity index (χ0) is 19.3. The van der Waals surface area contributed by atoms with Crippen molar-refractivity contribution in [2.45, 2.75) is 4.90 Å². The summed E-state index contributed by atoms with van der Waals surface area (Å²) in [6.07, 6.45) is 1.52. The van der Waals surface area contributed by atoms with Gasteiger partial charge in [0.05, 0.1) is 29.2 Å². The molecule has 0 bridgehead atoms. The van der Waals surface area contributed by atoms with E-state index >= 15 is 0 Å². The van der Waals surface area contributed by atoms with E-state index in [9.17, 15) is 18.5 Å². The number of ether oxygens (including phenoxy) is 1. The molecule has 0 unspecified atom stereocenters. The first-order valence-corrected chi connectivity index (χ1v) is 9.63. The Morgan fingerprint density at radius 2 is 1.85 bits per heavy atom. The van der Waals surface area contributed by atoms with E-state index in [1.54, 1.807) is 0 Å². The lowest BCUT2D eigenvalue weighted by Crippen LogP contribution is -2.40. The van der Waals surface area contributed by atoms with Crippen LogP contribution in [-0.2, 0) is 14.8 Å². The molecule has 0 aliphatic carbocycles. The van der Waals surface area contributed by atoms with Gasteiger partial charge in [-0.05, 0) is 17.7 Å². The zero-order valence-corrected chi connectivity index (χ0v) is 15.1. The van der Waals surface area contributed by atoms with Gasteiger partial charge in [-0.15, -0.1) is 0 Å². The number of rotatable bonds is 6. The molecule has 0 atom stereocenters. The molecule has 1 N–H and O–H groups in total. The molecular weight excluding hydrogens is 372 g/mol. The summed E-state index contributed by atoms with van der Waals surface area (Å²) in [5.74, 6) is 0. The average Bonchev–Trinajstić information content (AvgIpc) is 2.69. The monoisotopic (exact) mass is 390 g/mol. The Labute approximate surface area is 156 Å². The van der Waals surface area contributed by atoms with Gasteiger partial charge in [-0.25, -0.2) is 8.42 Å². The van der Waals surface area contributed by atoms with Crippen LogP contribution < -0.4 is 5.43 Å². The summed E-state index contributed by atoms with van der Waals surface area (Å²) >= 11 is 0. The number of hydrogen-bond acceptors (Lipinski definition) is 7. The number of hydrazone groups is 1. The normalized spacial score (nSPS) is 15.7. The number of sulfonamides is 1. The minimum atomic E-state index is -3.82. The van der Waals surface area contributed by atoms with Gasteiger partial charge in [0, 0.05) is 19.2 Å². The molecule has 2 aromatic carbocycles. The first-order valence-electron chi connectivity index (χ1n) is 8.19. The van der Waals surface area contributed by atoms with Crippen molar-refractivity contribution in [3.8, 4) is 0 Å². The SMILES string of the molecule is O=[N+]([O-])c1cc(S(=O)(=O)N2CCOCC2)ccc1NN=Cc1ccccc1. The maximum absolute atomic E-state index is 12.7. The van der Waals surface area contributed by atoms with Crippen LogP contribution in [0.2, 0.25) is 0 Å². The van der Waals surface area contributed by atoms with Gasteiger partial charge in [-0.3, -0.25) is 15.5 Å². The van der Waals surface area contributed by atoms with Crippen LogP contribution in [-0.4, -0.2) is 50.2 Å². The second kappa shape index (κ2) is 8.25. The second-order valence-corrected chi connectivity index (χ2v) is 7.67. The Hall–Kier alpha value is -2.82. The number of anilines is 1. The molecule has 1 fully saturated rings. The van der Waals surface area contributed by atoms with Crippen molar-refractivity contribution < 1.29 is 18.1 Å². The van der Waals surface area contributed by atoms with Gasteiger partial charge < -0.3 is 4.74 Å². The number of nitrogens with zero attached hydrogens (tertiary/aromatic N) is 3. The average molecular weight is 390 g/mol. The molecule has 1 heterocycles. The van der Waals surface area contributed by atoms with Gasteiger partial charge in [0.1, 0.15) is 5.69 Å². The van der Waals surface area contributed by atoms with Gasteiger partial charge in [0.15, 0.2) is 0 Å². The molecule has 1 aliphatic rings. The molecule has 9 nitrogen and oxygen atoms in total. The van der Waals surface area contributed by atoms with Gasteiger partial charge >= 0.3 is 0 Å². The van der Waals surface area contributed by atoms with E-state index in [4.69, 9.17) is 4.74 Å². The fraction of sp³-hybridized carbons (Fsp3) is 0.235. The van der Waals surface area contributed by atoms with Crippen molar-refractivity contribution in [3.63, 3.8) is 0 Å². The highest BCUT2D eigenvalue weighted by atomic mass is 32.2. The molecule has 0 amide bonds. The standard InChI is InChI=1S/C17H18N4O5S/c22-21(23)17-12-15(27(24,25)20-8-10-26-11-9-20)6-7-16(17)19-18-13-14-4-2-1-3-5-14/h1-7,12-13,19H,8-11H2. The predicted molar refractivity (Wildman–Crippen MR) is 100 cm³/mol. The maximum Gasteiger partial charge on any atom is 0.295 e. The van der Waals surface area contributed by atoms with E-state index in [2.05, 4.69) is 10.5 Å². The fourth-order valence-corrected chi connectivity index (χ4v) is 4.00. The van der Waals surface area contributed by atoms with Crippen molar-refractivity contribution in [2.24, 2.45) is 5.10 Å². The summed E-state index contributed by atoms with van der Waals surface area (Å²) in [7, 11) is -3.82. The third-order valence-electron chi connectivity index (χ3n) is 3.97. The fourth-order valence-electron chi connectivity index (χ4n) is 2.57. The van der Waals surface area contributed by atoms with E-state index in [0.29, 0.717) is 13.2 Å². The van der Waals surface area contributed by atoms with Crippen LogP contribution in [0.5, 0.6) is 0 Å². The minimum Gasteiger partial charge on any atom is -0.379 e. The van der Waals surface area contributed by atoms with Gasteiger partial charge in [0.2, 0.25) is 10.0 Å². The zero-order valence-electron chi connectivity index (χ0n) is 14.3. The molecule has 0 saturated carbocycles. The van der Waals surface area contributed by atoms with Gasteiger partial charge in [-0.1, -0.05) is 30.3 Å². The Morgan fingerprint density at radius 3 is 2.52 bits per heavy atom. The summed E-state index contributed by atoms with van der Waals surface area (Å²) in [5.41, 5.74) is 3.16. The Kier molecular flexibility index (Phi) is 5.79. The van der Waals surface area contributed by atoms with E-state index in [-0.39, 0.29) is 29.4 Å². The molecule has 27 heavy (non-hydrogen) atoms. The lowest BCUT2D eigenvalue weighted by molar-refractivity contribution is -0.384. The Balaban J connectivity index is 1.84. The molecule has 0 aromatic heterocycles. The second-order valence-electron chi connectivity index (χ2n) is 5.73. The molecule has 0 radical (unpaired) electrons. The number of nitrogens with one attached hydrogen (secondary N) is 1. The number of hydrogen-bond donors (Lipinski definition) is 1. The highest BCUT2D eigenvalue weighted by Gasteiger charge is 2.28. The number of nitro benzene ring substituents is 1. The third-order valence-corrected chi connectivity index (χ3v) is 5.87. The van der Waals surface area contributed by atoms with Crippen molar-refractivity contribution in [2.75, 3.05) is 31.7 Å². The van der Waals surface area contributed by atoms with Crippen molar-refractivity contribution in [1.82, 2.24) is 4.31 Å². The lowest BCUT2D eigenvalue weighted by atomic mass is 10.2. The molecule has 10 heteroatoms. The van der Waals surface area contributed by atoms with Crippen LogP contribution in [0.3, 0.4) is 0 Å². The topological polar surface area (TPSA) is 114 Å². The molecular formula is C17H18N4O5S. The largest absolute Gasteiger partial charge is 0.379 e. The van der Waals surface area contributed by atoms with Gasteiger partial charge in [-0.2, -0.15) is 9.41 Å². The summed E-state index contributed by atoms with van der Waals surface area (Å²) in [5, 5.41) is 15.4. The number of nitro groups is 1. The van der Waals surface area contributed by atoms with Crippen LogP contribution in [0.15, 0.2) is 58.5 Å². The Morgan fingerprint density at radius 1 is 1.15 bits per heavy atom. The van der Waals surface area contributed by atoms with Crippen molar-refractivity contribution in [3.05, 3.63) is 64.2 Å². The van der Waals surface area contributed by atoms with Crippen LogP contribution in [0, 0.1) is 10.1 Å². The van der Waals surface area contributed by atoms with Crippen molar-refractivity contribution >= 4 is 27.6 Å². The summed E-state index contributed by atoms with van der Waals surface area (Å²) in [4.78, 5) is 10.6. The van der Waals surface area contributed by atoms with Crippen molar-refractivity contribution in [1.29, 1.82) is 0 Å². The maximum atomic E-state index is 12.7. The first kappa shape index (κ1) is 19.0. The predicted octanol–water partition coefficient (Wildman–Crippen LogP) is 2.06. The summed E-state index contributed by atoms with van der Waals surface area (Å²) in [6, 6.07) is 12.9. The lowest BCUT2D eigenvalue weighted by Gasteiger charge is -2.26. The van der Waals surface area contributed by atoms with Crippen LogP contribution >= 0.6 is 0 Å². The molecule has 3 rings (SSSR count). The van der Waals surface area contributed by atoms with Gasteiger partial charge in [0.25, 0.3) is 5.69 Å². The van der Waals surface area contributed by atoms with E-state index < -0.39 is 14.9 Å². The van der Waals surface area contributed by atoms with E-state index in [1.807, 2.05) is 30.3 Å². The van der Waals surface area contributed by atoms with Crippen LogP contribution in [0.1, 0.15) is 5.56 Å². The highest BCUT2D eigenvalue weighted by Crippen LogP contribution is 2.29. The smallest absolute Gasteiger partial charge is 0.295 e. The molecule has 1 aliphatic heterocycles. The number of benzene rings is 2. The molecule has 0 spiro atoms. The summed E-state index contributed by atoms with van der Waals surface area (Å²) < 4.78 is 31.8. The van der Waals surface area contributed by atoms with Crippen LogP contribution in [0.25, 0.3) is 0 Å².